The molecule has 27 heavy (non-hydrogen) atoms. The number of nitrogens with zero attached hydrogens (tertiary/aromatic N) is 1. The van der Waals surface area contributed by atoms with Crippen molar-refractivity contribution in [3.05, 3.63) is 84.1 Å². The van der Waals surface area contributed by atoms with Gasteiger partial charge >= 0.3 is 0 Å². The van der Waals surface area contributed by atoms with Crippen molar-refractivity contribution in [3.63, 3.8) is 0 Å². The zero-order chi connectivity index (χ0) is 19.3. The van der Waals surface area contributed by atoms with Crippen molar-refractivity contribution in [2.75, 3.05) is 19.5 Å². The number of nitrogens with one attached hydrogen (secondary N) is 1. The van der Waals surface area contributed by atoms with Gasteiger partial charge in [-0.3, -0.25) is 4.79 Å². The van der Waals surface area contributed by atoms with E-state index in [1.165, 1.54) is 0 Å². The number of benzene rings is 2. The molecule has 0 radical (unpaired) electrons. The van der Waals surface area contributed by atoms with E-state index in [0.717, 1.165) is 0 Å². The fraction of sp³-hybridized carbons (Fsp3) is 0.143. The van der Waals surface area contributed by atoms with E-state index in [4.69, 9.17) is 9.47 Å². The summed E-state index contributed by atoms with van der Waals surface area (Å²) in [6.45, 7) is 0. The Hall–Kier alpha value is -3.38. The SMILES string of the molecule is COc1ccc(C(O)(C(=O)Nc2ccccn2)c2ccc(OC)cc2)cc1. The summed E-state index contributed by atoms with van der Waals surface area (Å²) in [6, 6.07) is 18.5. The Bertz CT molecular complexity index is 846. The molecule has 0 saturated carbocycles. The molecular formula is C21H20N2O4. The Morgan fingerprint density at radius 3 is 1.81 bits per heavy atom. The van der Waals surface area contributed by atoms with Gasteiger partial charge in [-0.25, -0.2) is 4.98 Å². The maximum absolute atomic E-state index is 13.1. The Kier molecular flexibility index (Phi) is 5.38. The summed E-state index contributed by atoms with van der Waals surface area (Å²) < 4.78 is 10.3. The number of carbonyl (C=O) groups is 1. The third-order valence-electron chi connectivity index (χ3n) is 4.25. The quantitative estimate of drug-likeness (QED) is 0.703. The van der Waals surface area contributed by atoms with Crippen LogP contribution in [-0.4, -0.2) is 30.2 Å². The number of aliphatic hydroxyl groups is 1. The molecule has 0 bridgehead atoms. The highest BCUT2D eigenvalue weighted by atomic mass is 16.5. The second kappa shape index (κ2) is 7.88. The number of anilines is 1. The van der Waals surface area contributed by atoms with Crippen molar-refractivity contribution in [2.45, 2.75) is 5.60 Å². The molecule has 0 aliphatic carbocycles. The minimum atomic E-state index is -1.92. The molecule has 3 rings (SSSR count). The number of amides is 1. The first-order valence-corrected chi connectivity index (χ1v) is 8.32. The summed E-state index contributed by atoms with van der Waals surface area (Å²) >= 11 is 0. The van der Waals surface area contributed by atoms with E-state index in [-0.39, 0.29) is 0 Å². The van der Waals surface area contributed by atoms with Crippen LogP contribution in [0.5, 0.6) is 11.5 Å². The number of hydrogen-bond donors (Lipinski definition) is 2. The molecule has 2 N–H and O–H groups in total. The summed E-state index contributed by atoms with van der Waals surface area (Å²) in [5, 5.41) is 14.2. The highest BCUT2D eigenvalue weighted by Gasteiger charge is 2.40. The van der Waals surface area contributed by atoms with Gasteiger partial charge in [-0.15, -0.1) is 0 Å². The van der Waals surface area contributed by atoms with Crippen LogP contribution in [0, 0.1) is 0 Å². The number of pyridine rings is 1. The molecule has 0 fully saturated rings. The fourth-order valence-electron chi connectivity index (χ4n) is 2.74. The van der Waals surface area contributed by atoms with Crippen molar-refractivity contribution in [1.29, 1.82) is 0 Å². The largest absolute Gasteiger partial charge is 0.497 e. The highest BCUT2D eigenvalue weighted by Crippen LogP contribution is 2.33. The molecule has 1 amide bonds. The molecule has 0 spiro atoms. The van der Waals surface area contributed by atoms with Crippen LogP contribution in [0.15, 0.2) is 72.9 Å². The van der Waals surface area contributed by atoms with Crippen molar-refractivity contribution in [2.24, 2.45) is 0 Å². The predicted molar refractivity (Wildman–Crippen MR) is 102 cm³/mol. The van der Waals surface area contributed by atoms with Crippen molar-refractivity contribution >= 4 is 11.7 Å². The van der Waals surface area contributed by atoms with Crippen LogP contribution in [0.1, 0.15) is 11.1 Å². The first kappa shape index (κ1) is 18.4. The topological polar surface area (TPSA) is 80.7 Å². The summed E-state index contributed by atoms with van der Waals surface area (Å²) in [4.78, 5) is 17.2. The standard InChI is InChI=1S/C21H20N2O4/c1-26-17-10-6-15(7-11-17)21(25,16-8-12-18(27-2)13-9-16)20(24)23-19-5-3-4-14-22-19/h3-14,25H,1-2H3,(H,22,23,24). The average Bonchev–Trinajstić information content (AvgIpc) is 2.74. The van der Waals surface area contributed by atoms with E-state index in [9.17, 15) is 9.90 Å². The molecule has 0 atom stereocenters. The maximum Gasteiger partial charge on any atom is 0.266 e. The molecule has 0 unspecified atom stereocenters. The lowest BCUT2D eigenvalue weighted by Gasteiger charge is -2.28. The van der Waals surface area contributed by atoms with E-state index >= 15 is 0 Å². The van der Waals surface area contributed by atoms with Gasteiger partial charge in [0.1, 0.15) is 17.3 Å². The molecule has 0 saturated heterocycles. The summed E-state index contributed by atoms with van der Waals surface area (Å²) in [5.74, 6) is 0.987. The molecular weight excluding hydrogens is 344 g/mol. The van der Waals surface area contributed by atoms with Crippen molar-refractivity contribution in [3.8, 4) is 11.5 Å². The molecule has 6 heteroatoms. The fourth-order valence-corrected chi connectivity index (χ4v) is 2.74. The molecule has 3 aromatic rings. The molecule has 138 valence electrons. The second-order valence-corrected chi connectivity index (χ2v) is 5.84. The van der Waals surface area contributed by atoms with Gasteiger partial charge in [0, 0.05) is 6.20 Å². The zero-order valence-electron chi connectivity index (χ0n) is 15.0. The summed E-state index contributed by atoms with van der Waals surface area (Å²) in [7, 11) is 3.11. The van der Waals surface area contributed by atoms with Gasteiger partial charge in [-0.2, -0.15) is 0 Å². The Labute approximate surface area is 157 Å². The van der Waals surface area contributed by atoms with Gasteiger partial charge in [-0.05, 0) is 47.5 Å². The van der Waals surface area contributed by atoms with Gasteiger partial charge in [0.25, 0.3) is 5.91 Å². The highest BCUT2D eigenvalue weighted by molar-refractivity contribution is 5.99. The molecule has 2 aromatic carbocycles. The Morgan fingerprint density at radius 1 is 0.889 bits per heavy atom. The number of methoxy groups -OCH3 is 2. The van der Waals surface area contributed by atoms with Gasteiger partial charge < -0.3 is 19.9 Å². The van der Waals surface area contributed by atoms with Crippen LogP contribution in [-0.2, 0) is 10.4 Å². The average molecular weight is 364 g/mol. The van der Waals surface area contributed by atoms with E-state index < -0.39 is 11.5 Å². The van der Waals surface area contributed by atoms with Crippen molar-refractivity contribution < 1.29 is 19.4 Å². The number of carbonyl (C=O) groups excluding carboxylic acids is 1. The van der Waals surface area contributed by atoms with Crippen LogP contribution >= 0.6 is 0 Å². The second-order valence-electron chi connectivity index (χ2n) is 5.84. The minimum absolute atomic E-state index is 0.350. The van der Waals surface area contributed by atoms with Crippen LogP contribution < -0.4 is 14.8 Å². The van der Waals surface area contributed by atoms with Crippen molar-refractivity contribution in [1.82, 2.24) is 4.98 Å². The van der Waals surface area contributed by atoms with Crippen LogP contribution in [0.2, 0.25) is 0 Å². The lowest BCUT2D eigenvalue weighted by Crippen LogP contribution is -2.41. The number of hydrogen-bond acceptors (Lipinski definition) is 5. The molecule has 0 aliphatic rings. The smallest absolute Gasteiger partial charge is 0.266 e. The molecule has 1 aromatic heterocycles. The third-order valence-corrected chi connectivity index (χ3v) is 4.25. The van der Waals surface area contributed by atoms with E-state index in [1.807, 2.05) is 0 Å². The third kappa shape index (κ3) is 3.75. The lowest BCUT2D eigenvalue weighted by molar-refractivity contribution is -0.131. The first-order valence-electron chi connectivity index (χ1n) is 8.32. The molecule has 6 nitrogen and oxygen atoms in total. The van der Waals surface area contributed by atoms with Gasteiger partial charge in [-0.1, -0.05) is 30.3 Å². The van der Waals surface area contributed by atoms with Gasteiger partial charge in [0.05, 0.1) is 14.2 Å². The Morgan fingerprint density at radius 2 is 1.41 bits per heavy atom. The first-order chi connectivity index (χ1) is 13.1. The van der Waals surface area contributed by atoms with E-state index in [1.54, 1.807) is 87.1 Å². The molecule has 1 heterocycles. The normalized spacial score (nSPS) is 10.9. The number of aromatic nitrogens is 1. The molecule has 0 aliphatic heterocycles. The lowest BCUT2D eigenvalue weighted by atomic mass is 9.85. The monoisotopic (exact) mass is 364 g/mol. The van der Waals surface area contributed by atoms with Gasteiger partial charge in [0.2, 0.25) is 0 Å². The van der Waals surface area contributed by atoms with Gasteiger partial charge in [0.15, 0.2) is 5.60 Å². The Balaban J connectivity index is 2.04. The summed E-state index contributed by atoms with van der Waals surface area (Å²) in [5.41, 5.74) is -1.11. The number of rotatable bonds is 6. The minimum Gasteiger partial charge on any atom is -0.497 e. The number of ether oxygens (including phenoxy) is 2. The van der Waals surface area contributed by atoms with Crippen LogP contribution in [0.3, 0.4) is 0 Å². The maximum atomic E-state index is 13.1. The van der Waals surface area contributed by atoms with E-state index in [2.05, 4.69) is 10.3 Å². The predicted octanol–water partition coefficient (Wildman–Crippen LogP) is 2.97. The van der Waals surface area contributed by atoms with Crippen LogP contribution in [0.4, 0.5) is 5.82 Å². The van der Waals surface area contributed by atoms with Crippen LogP contribution in [0.25, 0.3) is 0 Å². The zero-order valence-corrected chi connectivity index (χ0v) is 15.0. The summed E-state index contributed by atoms with van der Waals surface area (Å²) in [6.07, 6.45) is 1.56. The van der Waals surface area contributed by atoms with E-state index in [0.29, 0.717) is 28.4 Å².